The Hall–Kier alpha value is -1.14. The van der Waals surface area contributed by atoms with Gasteiger partial charge in [0.1, 0.15) is 0 Å². The highest BCUT2D eigenvalue weighted by molar-refractivity contribution is 4.62. The van der Waals surface area contributed by atoms with Gasteiger partial charge in [-0.1, -0.05) is 0 Å². The Morgan fingerprint density at radius 2 is 1.58 bits per heavy atom. The van der Waals surface area contributed by atoms with Crippen LogP contribution in [0.1, 0.15) is 6.92 Å². The smallest absolute Gasteiger partial charge is 0.378 e. The molecule has 6 nitrogen and oxygen atoms in total. The number of ether oxygens (including phenoxy) is 1. The Kier molecular flexibility index (Phi) is 8.62. The van der Waals surface area contributed by atoms with E-state index >= 15 is 0 Å². The average Bonchev–Trinajstić information content (AvgIpc) is 2.15. The Morgan fingerprint density at radius 1 is 1.16 bits per heavy atom. The third-order valence-electron chi connectivity index (χ3n) is 1.30. The normalized spacial score (nSPS) is 15.2. The third kappa shape index (κ3) is 11.7. The van der Waals surface area contributed by atoms with Gasteiger partial charge in [-0.3, -0.25) is 10.1 Å². The van der Waals surface area contributed by atoms with Crippen LogP contribution in [0.4, 0.5) is 26.3 Å². The van der Waals surface area contributed by atoms with Crippen LogP contribution in [0.3, 0.4) is 0 Å². The summed E-state index contributed by atoms with van der Waals surface area (Å²) in [6.07, 6.45) is -15.0. The molecule has 0 amide bonds. The zero-order chi connectivity index (χ0) is 15.9. The van der Waals surface area contributed by atoms with Gasteiger partial charge in [0, 0.05) is 11.5 Å². The number of nitrogens with zero attached hydrogens (tertiary/aromatic N) is 1. The van der Waals surface area contributed by atoms with E-state index in [4.69, 9.17) is 10.2 Å². The van der Waals surface area contributed by atoms with Crippen molar-refractivity contribution in [3.05, 3.63) is 10.1 Å². The van der Waals surface area contributed by atoms with Gasteiger partial charge in [0.25, 0.3) is 6.29 Å². The maximum absolute atomic E-state index is 11.3. The first-order chi connectivity index (χ1) is 8.32. The van der Waals surface area contributed by atoms with E-state index < -0.39 is 36.2 Å². The predicted molar refractivity (Wildman–Crippen MR) is 47.6 cm³/mol. The summed E-state index contributed by atoms with van der Waals surface area (Å²) in [5.41, 5.74) is 0. The third-order valence-corrected chi connectivity index (χ3v) is 1.30. The molecule has 0 saturated heterocycles. The molecule has 0 spiro atoms. The Labute approximate surface area is 102 Å². The molecule has 0 aromatic rings. The van der Waals surface area contributed by atoms with Crippen molar-refractivity contribution in [3.63, 3.8) is 0 Å². The maximum Gasteiger partial charge on any atom is 0.439 e. The van der Waals surface area contributed by atoms with E-state index in [1.54, 1.807) is 0 Å². The number of alkyl halides is 6. The first-order valence-corrected chi connectivity index (χ1v) is 4.55. The Morgan fingerprint density at radius 3 is 1.68 bits per heavy atom. The quantitative estimate of drug-likeness (QED) is 0.351. The summed E-state index contributed by atoms with van der Waals surface area (Å²) in [6.45, 7) is -0.279. The minimum Gasteiger partial charge on any atom is -0.378 e. The van der Waals surface area contributed by atoms with Gasteiger partial charge in [-0.25, -0.2) is 0 Å². The van der Waals surface area contributed by atoms with Gasteiger partial charge in [0.15, 0.2) is 0 Å². The fraction of sp³-hybridized carbons (Fsp3) is 1.00. The lowest BCUT2D eigenvalue weighted by Gasteiger charge is -2.12. The largest absolute Gasteiger partial charge is 0.439 e. The van der Waals surface area contributed by atoms with Gasteiger partial charge >= 0.3 is 12.4 Å². The molecule has 19 heavy (non-hydrogen) atoms. The van der Waals surface area contributed by atoms with E-state index in [-0.39, 0.29) is 6.61 Å². The Balaban J connectivity index is 0. The zero-order valence-corrected chi connectivity index (χ0v) is 9.40. The summed E-state index contributed by atoms with van der Waals surface area (Å²) >= 11 is 0. The van der Waals surface area contributed by atoms with Crippen LogP contribution in [-0.4, -0.2) is 53.0 Å². The second kappa shape index (κ2) is 8.12. The lowest BCUT2D eigenvalue weighted by molar-refractivity contribution is -0.500. The topological polar surface area (TPSA) is 92.8 Å². The Bertz CT molecular complexity index is 268. The zero-order valence-electron chi connectivity index (χ0n) is 9.40. The minimum atomic E-state index is -4.90. The predicted octanol–water partition coefficient (Wildman–Crippen LogP) is 1.09. The molecule has 2 unspecified atom stereocenters. The number of aliphatic hydroxyl groups is 2. The van der Waals surface area contributed by atoms with Crippen molar-refractivity contribution in [1.29, 1.82) is 0 Å². The molecule has 2 N–H and O–H groups in total. The molecule has 0 aromatic heterocycles. The lowest BCUT2D eigenvalue weighted by atomic mass is 10.3. The van der Waals surface area contributed by atoms with Crippen molar-refractivity contribution < 1.29 is 46.2 Å². The van der Waals surface area contributed by atoms with Crippen LogP contribution in [0, 0.1) is 10.1 Å². The summed E-state index contributed by atoms with van der Waals surface area (Å²) in [5.74, 6) is 0. The highest BCUT2D eigenvalue weighted by atomic mass is 19.4. The van der Waals surface area contributed by atoms with Gasteiger partial charge in [-0.2, -0.15) is 26.3 Å². The summed E-state index contributed by atoms with van der Waals surface area (Å²) in [5, 5.41) is 25.4. The second-order valence-electron chi connectivity index (χ2n) is 2.92. The van der Waals surface area contributed by atoms with Crippen molar-refractivity contribution in [1.82, 2.24) is 0 Å². The fourth-order valence-corrected chi connectivity index (χ4v) is 0.497. The summed E-state index contributed by atoms with van der Waals surface area (Å²) in [4.78, 5) is 8.18. The molecule has 0 aromatic carbocycles. The number of hydrogen-bond acceptors (Lipinski definition) is 5. The van der Waals surface area contributed by atoms with E-state index in [1.165, 1.54) is 6.92 Å². The van der Waals surface area contributed by atoms with Crippen molar-refractivity contribution in [2.45, 2.75) is 31.7 Å². The molecule has 0 aliphatic rings. The molecule has 0 rings (SSSR count). The van der Waals surface area contributed by atoms with Gasteiger partial charge in [0.05, 0.1) is 0 Å². The molecule has 0 aliphatic heterocycles. The molecule has 116 valence electrons. The van der Waals surface area contributed by atoms with Crippen LogP contribution < -0.4 is 0 Å². The first kappa shape index (κ1) is 20.2. The molecule has 0 radical (unpaired) electrons. The highest BCUT2D eigenvalue weighted by Crippen LogP contribution is 2.20. The van der Waals surface area contributed by atoms with Crippen molar-refractivity contribution in [2.75, 3.05) is 13.2 Å². The molecule has 0 heterocycles. The molecular weight excluding hydrogens is 292 g/mol. The van der Waals surface area contributed by atoms with E-state index in [0.717, 1.165) is 0 Å². The van der Waals surface area contributed by atoms with E-state index in [1.807, 2.05) is 0 Å². The van der Waals surface area contributed by atoms with E-state index in [9.17, 15) is 36.5 Å². The van der Waals surface area contributed by atoms with Crippen molar-refractivity contribution >= 4 is 0 Å². The average molecular weight is 303 g/mol. The monoisotopic (exact) mass is 303 g/mol. The molecule has 0 fully saturated rings. The van der Waals surface area contributed by atoms with Crippen LogP contribution in [0.5, 0.6) is 0 Å². The molecule has 0 bridgehead atoms. The number of halogens is 6. The van der Waals surface area contributed by atoms with Crippen molar-refractivity contribution in [2.24, 2.45) is 0 Å². The maximum atomic E-state index is 11.3. The molecule has 12 heteroatoms. The van der Waals surface area contributed by atoms with Crippen LogP contribution >= 0.6 is 0 Å². The summed E-state index contributed by atoms with van der Waals surface area (Å²) < 4.78 is 71.4. The minimum absolute atomic E-state index is 0.152. The highest BCUT2D eigenvalue weighted by Gasteiger charge is 2.41. The summed E-state index contributed by atoms with van der Waals surface area (Å²) in [6, 6.07) is 0. The fourth-order valence-electron chi connectivity index (χ4n) is 0.497. The SMILES string of the molecule is CCOC(O)C(F)(F)F.O=[N+]([O-])CC(O)C(F)(F)F. The van der Waals surface area contributed by atoms with Crippen molar-refractivity contribution in [3.8, 4) is 0 Å². The molecule has 0 saturated carbocycles. The lowest BCUT2D eigenvalue weighted by Crippen LogP contribution is -2.34. The molecule has 2 atom stereocenters. The first-order valence-electron chi connectivity index (χ1n) is 4.55. The number of hydrogen-bond donors (Lipinski definition) is 2. The van der Waals surface area contributed by atoms with Gasteiger partial charge in [0.2, 0.25) is 12.6 Å². The van der Waals surface area contributed by atoms with Crippen LogP contribution in [-0.2, 0) is 4.74 Å². The number of nitro groups is 1. The van der Waals surface area contributed by atoms with E-state index in [2.05, 4.69) is 4.74 Å². The standard InChI is InChI=1S/C4H7F3O2.C3H4F3NO3/c1-2-9-3(8)4(5,6)7;4-3(5,6)2(8)1-7(9)10/h3,8H,2H2,1H3;2,8H,1H2. The second-order valence-corrected chi connectivity index (χ2v) is 2.92. The van der Waals surface area contributed by atoms with Gasteiger partial charge in [-0.15, -0.1) is 0 Å². The van der Waals surface area contributed by atoms with E-state index in [0.29, 0.717) is 0 Å². The van der Waals surface area contributed by atoms with Crippen LogP contribution in [0.2, 0.25) is 0 Å². The summed E-state index contributed by atoms with van der Waals surface area (Å²) in [7, 11) is 0. The van der Waals surface area contributed by atoms with Crippen LogP contribution in [0.25, 0.3) is 0 Å². The number of aliphatic hydroxyl groups excluding tert-OH is 2. The van der Waals surface area contributed by atoms with Gasteiger partial charge < -0.3 is 14.9 Å². The molecule has 0 aliphatic carbocycles. The number of rotatable bonds is 4. The van der Waals surface area contributed by atoms with Crippen LogP contribution in [0.15, 0.2) is 0 Å². The molecular formula is C7H11F6NO5. The van der Waals surface area contributed by atoms with Gasteiger partial charge in [-0.05, 0) is 6.92 Å².